The van der Waals surface area contributed by atoms with Crippen LogP contribution in [0.25, 0.3) is 0 Å². The monoisotopic (exact) mass is 234 g/mol. The van der Waals surface area contributed by atoms with Gasteiger partial charge in [0, 0.05) is 5.56 Å². The van der Waals surface area contributed by atoms with E-state index in [2.05, 4.69) is 19.9 Å². The summed E-state index contributed by atoms with van der Waals surface area (Å²) in [6.07, 6.45) is 0.985. The van der Waals surface area contributed by atoms with E-state index >= 15 is 0 Å². The molecule has 0 saturated carbocycles. The minimum atomic E-state index is -0.504. The summed E-state index contributed by atoms with van der Waals surface area (Å²) in [5.74, 6) is 1.20. The van der Waals surface area contributed by atoms with Crippen LogP contribution in [-0.2, 0) is 14.9 Å². The molecular weight excluding hydrogens is 216 g/mol. The predicted octanol–water partition coefficient (Wildman–Crippen LogP) is 2.29. The first-order chi connectivity index (χ1) is 8.13. The van der Waals surface area contributed by atoms with Crippen LogP contribution in [0.3, 0.4) is 0 Å². The van der Waals surface area contributed by atoms with E-state index in [1.165, 1.54) is 5.56 Å². The molecule has 0 unspecified atom stereocenters. The summed E-state index contributed by atoms with van der Waals surface area (Å²) in [6, 6.07) is 6.06. The van der Waals surface area contributed by atoms with Gasteiger partial charge < -0.3 is 14.3 Å². The third-order valence-corrected chi connectivity index (χ3v) is 3.37. The van der Waals surface area contributed by atoms with Crippen LogP contribution in [0.4, 0.5) is 0 Å². The van der Waals surface area contributed by atoms with Gasteiger partial charge in [-0.3, -0.25) is 0 Å². The Bertz CT molecular complexity index is 419. The molecule has 17 heavy (non-hydrogen) atoms. The van der Waals surface area contributed by atoms with Crippen LogP contribution < -0.4 is 4.74 Å². The second-order valence-corrected chi connectivity index (χ2v) is 4.88. The average Bonchev–Trinajstić information content (AvgIpc) is 2.28. The van der Waals surface area contributed by atoms with Gasteiger partial charge >= 0.3 is 0 Å². The Labute approximate surface area is 102 Å². The highest BCUT2D eigenvalue weighted by Crippen LogP contribution is 2.38. The quantitative estimate of drug-likeness (QED) is 0.750. The lowest BCUT2D eigenvalue weighted by molar-refractivity contribution is -0.130. The lowest BCUT2D eigenvalue weighted by Gasteiger charge is -2.38. The highest BCUT2D eigenvalue weighted by molar-refractivity contribution is 5.73. The van der Waals surface area contributed by atoms with Crippen LogP contribution in [0, 0.1) is 0 Å². The molecule has 0 amide bonds. The zero-order valence-corrected chi connectivity index (χ0v) is 10.5. The number of aldehydes is 1. The van der Waals surface area contributed by atoms with Crippen molar-refractivity contribution in [3.63, 3.8) is 0 Å². The van der Waals surface area contributed by atoms with Crippen molar-refractivity contribution in [1.82, 2.24) is 0 Å². The minimum absolute atomic E-state index is 0.435. The fraction of sp³-hybridized carbons (Fsp3) is 0.500. The van der Waals surface area contributed by atoms with Gasteiger partial charge in [-0.25, -0.2) is 0 Å². The van der Waals surface area contributed by atoms with E-state index in [0.717, 1.165) is 17.6 Å². The molecule has 1 aromatic rings. The molecule has 0 bridgehead atoms. The Hall–Kier alpha value is -1.35. The number of carbonyl (C=O) groups excluding carboxylic acids is 1. The van der Waals surface area contributed by atoms with Gasteiger partial charge in [-0.2, -0.15) is 0 Å². The molecule has 3 nitrogen and oxygen atoms in total. The molecule has 0 N–H and O–H groups in total. The van der Waals surface area contributed by atoms with E-state index in [1.54, 1.807) is 7.11 Å². The van der Waals surface area contributed by atoms with Crippen LogP contribution in [0.1, 0.15) is 30.9 Å². The van der Waals surface area contributed by atoms with Gasteiger partial charge in [0.1, 0.15) is 17.5 Å². The molecule has 3 heteroatoms. The van der Waals surface area contributed by atoms with Gasteiger partial charge in [-0.1, -0.05) is 26.0 Å². The topological polar surface area (TPSA) is 35.5 Å². The summed E-state index contributed by atoms with van der Waals surface area (Å²) in [4.78, 5) is 11.3. The fourth-order valence-corrected chi connectivity index (χ4v) is 2.08. The third-order valence-electron chi connectivity index (χ3n) is 3.37. The molecule has 0 atom stereocenters. The van der Waals surface area contributed by atoms with Crippen molar-refractivity contribution in [2.45, 2.75) is 25.2 Å². The number of hydrogen-bond donors (Lipinski definition) is 0. The van der Waals surface area contributed by atoms with Crippen molar-refractivity contribution < 1.29 is 14.3 Å². The molecule has 1 fully saturated rings. The maximum absolute atomic E-state index is 11.3. The maximum Gasteiger partial charge on any atom is 0.135 e. The summed E-state index contributed by atoms with van der Waals surface area (Å²) >= 11 is 0. The van der Waals surface area contributed by atoms with Crippen LogP contribution in [0.5, 0.6) is 5.75 Å². The average molecular weight is 234 g/mol. The predicted molar refractivity (Wildman–Crippen MR) is 65.6 cm³/mol. The standard InChI is InChI=1S/C14H18O3/c1-10(2)11-4-5-13(16-3)12(6-11)14(7-15)8-17-9-14/h4-7,10H,8-9H2,1-3H3. The van der Waals surface area contributed by atoms with Crippen molar-refractivity contribution in [1.29, 1.82) is 0 Å². The SMILES string of the molecule is COc1ccc(C(C)C)cc1C1(C=O)COC1. The minimum Gasteiger partial charge on any atom is -0.496 e. The van der Waals surface area contributed by atoms with E-state index in [-0.39, 0.29) is 0 Å². The molecule has 1 aliphatic rings. The van der Waals surface area contributed by atoms with Gasteiger partial charge in [0.05, 0.1) is 20.3 Å². The van der Waals surface area contributed by atoms with E-state index in [9.17, 15) is 4.79 Å². The molecule has 0 spiro atoms. The summed E-state index contributed by atoms with van der Waals surface area (Å²) in [5.41, 5.74) is 1.66. The maximum atomic E-state index is 11.3. The number of rotatable bonds is 4. The van der Waals surface area contributed by atoms with Crippen LogP contribution >= 0.6 is 0 Å². The van der Waals surface area contributed by atoms with Gasteiger partial charge in [-0.15, -0.1) is 0 Å². The molecule has 0 aromatic heterocycles. The summed E-state index contributed by atoms with van der Waals surface area (Å²) < 4.78 is 10.5. The van der Waals surface area contributed by atoms with E-state index in [1.807, 2.05) is 12.1 Å². The van der Waals surface area contributed by atoms with Crippen molar-refractivity contribution in [3.8, 4) is 5.75 Å². The Morgan fingerprint density at radius 1 is 1.41 bits per heavy atom. The van der Waals surface area contributed by atoms with E-state index in [4.69, 9.17) is 9.47 Å². The molecule has 0 radical (unpaired) electrons. The van der Waals surface area contributed by atoms with Gasteiger partial charge in [0.2, 0.25) is 0 Å². The lowest BCUT2D eigenvalue weighted by atomic mass is 9.78. The first-order valence-electron chi connectivity index (χ1n) is 5.85. The van der Waals surface area contributed by atoms with Crippen LogP contribution in [-0.4, -0.2) is 26.6 Å². The first kappa shape index (κ1) is 12.1. The Morgan fingerprint density at radius 2 is 2.12 bits per heavy atom. The van der Waals surface area contributed by atoms with Crippen LogP contribution in [0.15, 0.2) is 18.2 Å². The first-order valence-corrected chi connectivity index (χ1v) is 5.85. The zero-order chi connectivity index (χ0) is 12.5. The molecular formula is C14H18O3. The third kappa shape index (κ3) is 1.95. The van der Waals surface area contributed by atoms with E-state index in [0.29, 0.717) is 19.1 Å². The van der Waals surface area contributed by atoms with E-state index < -0.39 is 5.41 Å². The lowest BCUT2D eigenvalue weighted by Crippen LogP contribution is -2.48. The molecule has 1 saturated heterocycles. The molecule has 2 rings (SSSR count). The second kappa shape index (κ2) is 4.49. The second-order valence-electron chi connectivity index (χ2n) is 4.88. The zero-order valence-electron chi connectivity index (χ0n) is 10.5. The van der Waals surface area contributed by atoms with Gasteiger partial charge in [0.15, 0.2) is 0 Å². The largest absolute Gasteiger partial charge is 0.496 e. The van der Waals surface area contributed by atoms with Crippen molar-refractivity contribution in [3.05, 3.63) is 29.3 Å². The fourth-order valence-electron chi connectivity index (χ4n) is 2.08. The number of hydrogen-bond acceptors (Lipinski definition) is 3. The number of methoxy groups -OCH3 is 1. The summed E-state index contributed by atoms with van der Waals surface area (Å²) in [7, 11) is 1.63. The highest BCUT2D eigenvalue weighted by Gasteiger charge is 2.42. The van der Waals surface area contributed by atoms with Gasteiger partial charge in [-0.05, 0) is 17.5 Å². The normalized spacial score (nSPS) is 17.6. The number of benzene rings is 1. The van der Waals surface area contributed by atoms with Gasteiger partial charge in [0.25, 0.3) is 0 Å². The van der Waals surface area contributed by atoms with Crippen LogP contribution in [0.2, 0.25) is 0 Å². The summed E-state index contributed by atoms with van der Waals surface area (Å²) in [6.45, 7) is 5.18. The smallest absolute Gasteiger partial charge is 0.135 e. The van der Waals surface area contributed by atoms with Crippen molar-refractivity contribution in [2.75, 3.05) is 20.3 Å². The Kier molecular flexibility index (Phi) is 3.20. The van der Waals surface area contributed by atoms with Crippen molar-refractivity contribution in [2.24, 2.45) is 0 Å². The Balaban J connectivity index is 2.49. The summed E-state index contributed by atoms with van der Waals surface area (Å²) in [5, 5.41) is 0. The molecule has 1 heterocycles. The Morgan fingerprint density at radius 3 is 2.53 bits per heavy atom. The number of ether oxygens (including phenoxy) is 2. The molecule has 1 aliphatic heterocycles. The highest BCUT2D eigenvalue weighted by atomic mass is 16.5. The molecule has 0 aliphatic carbocycles. The molecule has 1 aromatic carbocycles. The molecule has 92 valence electrons. The van der Waals surface area contributed by atoms with Crippen molar-refractivity contribution >= 4 is 6.29 Å². The number of carbonyl (C=O) groups is 1.